The van der Waals surface area contributed by atoms with Crippen LogP contribution in [0.3, 0.4) is 0 Å². The zero-order valence-electron chi connectivity index (χ0n) is 18.9. The van der Waals surface area contributed by atoms with Crippen molar-refractivity contribution in [2.45, 2.75) is 6.92 Å². The lowest BCUT2D eigenvalue weighted by Gasteiger charge is -2.26. The van der Waals surface area contributed by atoms with E-state index in [0.717, 1.165) is 11.6 Å². The number of anilines is 2. The summed E-state index contributed by atoms with van der Waals surface area (Å²) in [6.07, 6.45) is 1.30. The molecule has 5 amide bonds. The van der Waals surface area contributed by atoms with Gasteiger partial charge in [-0.05, 0) is 77.0 Å². The monoisotopic (exact) mass is 551 g/mol. The number of barbiturate groups is 1. The van der Waals surface area contributed by atoms with Gasteiger partial charge in [-0.1, -0.05) is 29.8 Å². The lowest BCUT2D eigenvalue weighted by atomic mass is 10.1. The summed E-state index contributed by atoms with van der Waals surface area (Å²) in [5.41, 5.74) is 1.85. The molecule has 0 saturated carbocycles. The van der Waals surface area contributed by atoms with Gasteiger partial charge in [0.1, 0.15) is 17.1 Å². The minimum atomic E-state index is -0.971. The predicted octanol–water partition coefficient (Wildman–Crippen LogP) is 4.58. The quantitative estimate of drug-likeness (QED) is 0.344. The molecule has 1 heterocycles. The fourth-order valence-corrected chi connectivity index (χ4v) is 3.89. The molecule has 0 aromatic heterocycles. The van der Waals surface area contributed by atoms with Crippen molar-refractivity contribution in [1.29, 1.82) is 0 Å². The second-order valence-electron chi connectivity index (χ2n) is 7.83. The molecule has 10 heteroatoms. The molecule has 1 saturated heterocycles. The molecule has 36 heavy (non-hydrogen) atoms. The van der Waals surface area contributed by atoms with Crippen LogP contribution in [0.15, 0.2) is 76.8 Å². The molecule has 182 valence electrons. The summed E-state index contributed by atoms with van der Waals surface area (Å²) in [5, 5.41) is 4.82. The zero-order valence-corrected chi connectivity index (χ0v) is 20.5. The van der Waals surface area contributed by atoms with Crippen LogP contribution in [-0.2, 0) is 14.4 Å². The lowest BCUT2D eigenvalue weighted by molar-refractivity contribution is -0.122. The maximum absolute atomic E-state index is 13.6. The molecular formula is C26H19BrFN3O5. The van der Waals surface area contributed by atoms with Gasteiger partial charge in [-0.15, -0.1) is 0 Å². The fraction of sp³-hybridized carbons (Fsp3) is 0.0769. The molecule has 4 rings (SSSR count). The van der Waals surface area contributed by atoms with E-state index in [-0.39, 0.29) is 23.8 Å². The standard InChI is InChI=1S/C26H19BrFN3O5/c1-15-5-8-18(9-6-15)29-23(32)14-36-22-10-7-16(12-21(22)27)11-20-24(33)30-26(35)31(25(20)34)19-4-2-3-17(28)13-19/h2-13H,14H2,1H3,(H,29,32)(H,30,33,35)/b20-11+. The summed E-state index contributed by atoms with van der Waals surface area (Å²) in [6, 6.07) is 16.0. The number of aryl methyl sites for hydroxylation is 1. The normalized spacial score (nSPS) is 14.6. The number of hydrogen-bond acceptors (Lipinski definition) is 5. The highest BCUT2D eigenvalue weighted by Gasteiger charge is 2.36. The van der Waals surface area contributed by atoms with Crippen LogP contribution in [0.5, 0.6) is 5.75 Å². The van der Waals surface area contributed by atoms with Crippen LogP contribution in [0.4, 0.5) is 20.6 Å². The van der Waals surface area contributed by atoms with Crippen molar-refractivity contribution in [1.82, 2.24) is 5.32 Å². The number of hydrogen-bond donors (Lipinski definition) is 2. The van der Waals surface area contributed by atoms with Gasteiger partial charge in [-0.2, -0.15) is 0 Å². The maximum Gasteiger partial charge on any atom is 0.335 e. The van der Waals surface area contributed by atoms with Crippen molar-refractivity contribution in [2.75, 3.05) is 16.8 Å². The Morgan fingerprint density at radius 1 is 1.08 bits per heavy atom. The van der Waals surface area contributed by atoms with Crippen LogP contribution in [0, 0.1) is 12.7 Å². The molecule has 8 nitrogen and oxygen atoms in total. The molecule has 1 aliphatic heterocycles. The van der Waals surface area contributed by atoms with Crippen LogP contribution >= 0.6 is 15.9 Å². The van der Waals surface area contributed by atoms with Gasteiger partial charge in [0, 0.05) is 5.69 Å². The number of urea groups is 1. The number of nitrogens with zero attached hydrogens (tertiary/aromatic N) is 1. The second kappa shape index (κ2) is 10.5. The fourth-order valence-electron chi connectivity index (χ4n) is 3.38. The van der Waals surface area contributed by atoms with Crippen molar-refractivity contribution < 1.29 is 28.3 Å². The molecule has 0 aliphatic carbocycles. The number of nitrogens with one attached hydrogen (secondary N) is 2. The number of rotatable bonds is 6. The summed E-state index contributed by atoms with van der Waals surface area (Å²) in [4.78, 5) is 50.4. The highest BCUT2D eigenvalue weighted by Crippen LogP contribution is 2.28. The van der Waals surface area contributed by atoms with E-state index in [0.29, 0.717) is 26.4 Å². The molecule has 0 spiro atoms. The average molecular weight is 552 g/mol. The first-order valence-corrected chi connectivity index (χ1v) is 11.5. The third-order valence-corrected chi connectivity index (χ3v) is 5.75. The summed E-state index contributed by atoms with van der Waals surface area (Å²) in [7, 11) is 0. The number of ether oxygens (including phenoxy) is 1. The Morgan fingerprint density at radius 2 is 1.83 bits per heavy atom. The van der Waals surface area contributed by atoms with Gasteiger partial charge in [-0.25, -0.2) is 14.1 Å². The molecule has 0 atom stereocenters. The number of halogens is 2. The van der Waals surface area contributed by atoms with E-state index in [2.05, 4.69) is 26.6 Å². The Hall–Kier alpha value is -4.31. The topological polar surface area (TPSA) is 105 Å². The van der Waals surface area contributed by atoms with E-state index in [9.17, 15) is 23.6 Å². The Morgan fingerprint density at radius 3 is 2.53 bits per heavy atom. The van der Waals surface area contributed by atoms with Crippen molar-refractivity contribution >= 4 is 57.1 Å². The van der Waals surface area contributed by atoms with Crippen molar-refractivity contribution in [3.63, 3.8) is 0 Å². The molecule has 0 unspecified atom stereocenters. The summed E-state index contributed by atoms with van der Waals surface area (Å²) in [5.74, 6) is -2.38. The SMILES string of the molecule is Cc1ccc(NC(=O)COc2ccc(/C=C3\C(=O)NC(=O)N(c4cccc(F)c4)C3=O)cc2Br)cc1. The number of carbonyl (C=O) groups is 4. The molecule has 1 fully saturated rings. The summed E-state index contributed by atoms with van der Waals surface area (Å²) in [6.45, 7) is 1.71. The minimum absolute atomic E-state index is 0.00950. The van der Waals surface area contributed by atoms with Crippen LogP contribution < -0.4 is 20.3 Å². The van der Waals surface area contributed by atoms with Crippen LogP contribution in [-0.4, -0.2) is 30.4 Å². The molecule has 3 aromatic carbocycles. The lowest BCUT2D eigenvalue weighted by Crippen LogP contribution is -2.54. The van der Waals surface area contributed by atoms with E-state index in [1.165, 1.54) is 24.3 Å². The Bertz CT molecular complexity index is 1400. The van der Waals surface area contributed by atoms with E-state index in [1.807, 2.05) is 19.1 Å². The molecule has 0 radical (unpaired) electrons. The van der Waals surface area contributed by atoms with Crippen molar-refractivity contribution in [3.05, 3.63) is 93.7 Å². The molecule has 3 aromatic rings. The largest absolute Gasteiger partial charge is 0.483 e. The first-order valence-electron chi connectivity index (χ1n) is 10.7. The number of imide groups is 2. The third kappa shape index (κ3) is 5.66. The Labute approximate surface area is 213 Å². The van der Waals surface area contributed by atoms with Crippen molar-refractivity contribution in [3.8, 4) is 5.75 Å². The van der Waals surface area contributed by atoms with E-state index in [1.54, 1.807) is 30.3 Å². The first kappa shape index (κ1) is 24.8. The van der Waals surface area contributed by atoms with Crippen LogP contribution in [0.25, 0.3) is 6.08 Å². The number of carbonyl (C=O) groups excluding carboxylic acids is 4. The number of benzene rings is 3. The maximum atomic E-state index is 13.6. The van der Waals surface area contributed by atoms with Gasteiger partial charge in [0.2, 0.25) is 0 Å². The first-order chi connectivity index (χ1) is 17.2. The van der Waals surface area contributed by atoms with Gasteiger partial charge >= 0.3 is 6.03 Å². The number of amides is 5. The van der Waals surface area contributed by atoms with Crippen LogP contribution in [0.2, 0.25) is 0 Å². The molecule has 2 N–H and O–H groups in total. The Kier molecular flexibility index (Phi) is 7.25. The second-order valence-corrected chi connectivity index (χ2v) is 8.68. The van der Waals surface area contributed by atoms with Gasteiger partial charge < -0.3 is 10.1 Å². The van der Waals surface area contributed by atoms with E-state index < -0.39 is 23.7 Å². The van der Waals surface area contributed by atoms with Gasteiger partial charge in [-0.3, -0.25) is 19.7 Å². The zero-order chi connectivity index (χ0) is 25.8. The van der Waals surface area contributed by atoms with Crippen molar-refractivity contribution in [2.24, 2.45) is 0 Å². The average Bonchev–Trinajstić information content (AvgIpc) is 2.82. The molecule has 0 bridgehead atoms. The predicted molar refractivity (Wildman–Crippen MR) is 135 cm³/mol. The third-order valence-electron chi connectivity index (χ3n) is 5.13. The van der Waals surface area contributed by atoms with E-state index in [4.69, 9.17) is 4.74 Å². The van der Waals surface area contributed by atoms with E-state index >= 15 is 0 Å². The van der Waals surface area contributed by atoms with Gasteiger partial charge in [0.25, 0.3) is 17.7 Å². The van der Waals surface area contributed by atoms with Gasteiger partial charge in [0.05, 0.1) is 10.2 Å². The summed E-state index contributed by atoms with van der Waals surface area (Å²) >= 11 is 3.36. The highest BCUT2D eigenvalue weighted by molar-refractivity contribution is 9.10. The Balaban J connectivity index is 1.47. The summed E-state index contributed by atoms with van der Waals surface area (Å²) < 4.78 is 19.7. The highest BCUT2D eigenvalue weighted by atomic mass is 79.9. The molecular weight excluding hydrogens is 533 g/mol. The smallest absolute Gasteiger partial charge is 0.335 e. The molecule has 1 aliphatic rings. The van der Waals surface area contributed by atoms with Gasteiger partial charge in [0.15, 0.2) is 6.61 Å². The van der Waals surface area contributed by atoms with Crippen LogP contribution in [0.1, 0.15) is 11.1 Å². The minimum Gasteiger partial charge on any atom is -0.483 e.